The van der Waals surface area contributed by atoms with Crippen LogP contribution in [0.3, 0.4) is 0 Å². The van der Waals surface area contributed by atoms with E-state index in [-0.39, 0.29) is 87.9 Å². The summed E-state index contributed by atoms with van der Waals surface area (Å²) >= 11 is 0. The second kappa shape index (κ2) is 51.7. The van der Waals surface area contributed by atoms with E-state index in [0.29, 0.717) is 134 Å². The Morgan fingerprint density at radius 2 is 0.456 bits per heavy atom. The van der Waals surface area contributed by atoms with Crippen LogP contribution in [0.5, 0.6) is 23.0 Å². The molecule has 114 heavy (non-hydrogen) atoms. The number of carbonyl (C=O) groups excluding carboxylic acids is 10. The maximum absolute atomic E-state index is 12.7. The number of rotatable bonds is 40. The second-order valence-corrected chi connectivity index (χ2v) is 29.8. The van der Waals surface area contributed by atoms with Crippen molar-refractivity contribution in [2.75, 3.05) is 26.4 Å². The molecule has 3 fully saturated rings. The number of ether oxygens (including phenoxy) is 10. The van der Waals surface area contributed by atoms with Gasteiger partial charge >= 0.3 is 59.7 Å². The Bertz CT molecular complexity index is 3650. The van der Waals surface area contributed by atoms with Gasteiger partial charge in [-0.3, -0.25) is 19.2 Å². The quantitative estimate of drug-likeness (QED) is 0.0150. The van der Waals surface area contributed by atoms with E-state index in [9.17, 15) is 47.9 Å². The molecular weight excluding hydrogens is 1450 g/mol. The van der Waals surface area contributed by atoms with Crippen molar-refractivity contribution in [3.63, 3.8) is 0 Å². The minimum Gasteiger partial charge on any atom is -0.462 e. The standard InChI is InChI=1S/C34H44O8.C30H36O8.C30H40O4.3H2/c1-3-5-7-9-23-39-31(35)25-15-19-29(20-16-25)41-33(37)27-11-13-28(14-12-27)34(38)42-30-21-17-26(18-22-30)32(36)40-24-10-8-6-4-2;1-3-5-19-35-27(31)21-11-15-25(16-12-21)37-29(33)23-7-9-24(10-8-23)30(34)38-26-17-13-22(14-18-26)28(32)36-20-6-4-2;1-3-5-7-9-23-11-15-25(16-12-23)29(31)33-27-19-21-28(22-20-27)34-30(32)26-17-13-24(14-18-26)10-8-6-4-2;;;/h15-22,27-28H,3-14,23-24H2,1-2H3;11-18,23-24H,3-10,19-20H2,1-2H3;11-18,27-28H,3-10,19-22H2,1-2H3;3*1H. The molecular formula is C94H126O20. The van der Waals surface area contributed by atoms with Crippen molar-refractivity contribution in [1.82, 2.24) is 0 Å². The number of unbranched alkanes of at least 4 members (excludes halogenated alkanes) is 12. The van der Waals surface area contributed by atoms with Crippen LogP contribution in [-0.2, 0) is 60.4 Å². The van der Waals surface area contributed by atoms with Crippen LogP contribution < -0.4 is 18.9 Å². The molecule has 0 amide bonds. The lowest BCUT2D eigenvalue weighted by Gasteiger charge is -2.28. The predicted octanol–water partition coefficient (Wildman–Crippen LogP) is 21.6. The molecule has 20 nitrogen and oxygen atoms in total. The fraction of sp³-hybridized carbons (Fsp3) is 0.511. The second-order valence-electron chi connectivity index (χ2n) is 29.8. The zero-order valence-corrected chi connectivity index (χ0v) is 67.9. The lowest BCUT2D eigenvalue weighted by molar-refractivity contribution is -0.145. The van der Waals surface area contributed by atoms with Gasteiger partial charge in [0.1, 0.15) is 35.2 Å². The van der Waals surface area contributed by atoms with E-state index in [0.717, 1.165) is 116 Å². The first-order valence-corrected chi connectivity index (χ1v) is 42.0. The Kier molecular flexibility index (Phi) is 41.4. The number of hydrogen-bond acceptors (Lipinski definition) is 20. The highest BCUT2D eigenvalue weighted by Crippen LogP contribution is 2.34. The Labute approximate surface area is 678 Å². The first-order chi connectivity index (χ1) is 55.4. The Hall–Kier alpha value is -9.98. The van der Waals surface area contributed by atoms with Crippen LogP contribution in [-0.4, -0.2) is 98.3 Å². The van der Waals surface area contributed by atoms with Gasteiger partial charge in [0.15, 0.2) is 0 Å². The summed E-state index contributed by atoms with van der Waals surface area (Å²) < 4.78 is 54.5. The molecule has 6 aromatic carbocycles. The van der Waals surface area contributed by atoms with Crippen LogP contribution in [0.25, 0.3) is 0 Å². The molecule has 0 aromatic heterocycles. The molecule has 3 aliphatic carbocycles. The summed E-state index contributed by atoms with van der Waals surface area (Å²) in [7, 11) is 0. The fourth-order valence-electron chi connectivity index (χ4n) is 13.4. The summed E-state index contributed by atoms with van der Waals surface area (Å²) in [5, 5.41) is 0. The van der Waals surface area contributed by atoms with Gasteiger partial charge in [0, 0.05) is 4.28 Å². The Morgan fingerprint density at radius 3 is 0.693 bits per heavy atom. The molecule has 0 unspecified atom stereocenters. The van der Waals surface area contributed by atoms with Crippen molar-refractivity contribution in [1.29, 1.82) is 0 Å². The third kappa shape index (κ3) is 32.9. The summed E-state index contributed by atoms with van der Waals surface area (Å²) in [6.45, 7) is 14.2. The van der Waals surface area contributed by atoms with Gasteiger partial charge in [-0.15, -0.1) is 0 Å². The third-order valence-electron chi connectivity index (χ3n) is 20.6. The van der Waals surface area contributed by atoms with Crippen molar-refractivity contribution >= 4 is 59.7 Å². The van der Waals surface area contributed by atoms with Gasteiger partial charge in [0.25, 0.3) is 0 Å². The van der Waals surface area contributed by atoms with Gasteiger partial charge < -0.3 is 47.4 Å². The van der Waals surface area contributed by atoms with Crippen LogP contribution in [0.4, 0.5) is 0 Å². The van der Waals surface area contributed by atoms with E-state index in [1.807, 2.05) is 62.4 Å². The molecule has 0 N–H and O–H groups in total. The molecule has 622 valence electrons. The normalized spacial score (nSPS) is 16.9. The van der Waals surface area contributed by atoms with Crippen molar-refractivity contribution in [3.05, 3.63) is 190 Å². The third-order valence-corrected chi connectivity index (χ3v) is 20.6. The van der Waals surface area contributed by atoms with E-state index < -0.39 is 11.9 Å². The van der Waals surface area contributed by atoms with Gasteiger partial charge in [-0.05, 0) is 261 Å². The Morgan fingerprint density at radius 1 is 0.246 bits per heavy atom. The van der Waals surface area contributed by atoms with Crippen molar-refractivity contribution in [2.45, 2.75) is 259 Å². The molecule has 0 heterocycles. The summed E-state index contributed by atoms with van der Waals surface area (Å²) in [4.78, 5) is 124. The van der Waals surface area contributed by atoms with Crippen molar-refractivity contribution in [3.8, 4) is 23.0 Å². The number of hydrogen-bond donors (Lipinski definition) is 0. The van der Waals surface area contributed by atoms with Crippen molar-refractivity contribution < 1.29 is 99.6 Å². The number of aryl methyl sites for hydroxylation is 2. The highest BCUT2D eigenvalue weighted by atomic mass is 16.6. The van der Waals surface area contributed by atoms with Crippen LogP contribution >= 0.6 is 0 Å². The largest absolute Gasteiger partial charge is 0.462 e. The average Bonchev–Trinajstić information content (AvgIpc) is 0.837. The van der Waals surface area contributed by atoms with Crippen LogP contribution in [0.2, 0.25) is 0 Å². The highest BCUT2D eigenvalue weighted by molar-refractivity contribution is 5.93. The van der Waals surface area contributed by atoms with E-state index in [2.05, 4.69) is 27.7 Å². The topological polar surface area (TPSA) is 263 Å². The van der Waals surface area contributed by atoms with Gasteiger partial charge in [-0.2, -0.15) is 0 Å². The molecule has 6 aromatic rings. The summed E-state index contributed by atoms with van der Waals surface area (Å²) in [6, 6.07) is 40.9. The molecule has 0 aliphatic heterocycles. The summed E-state index contributed by atoms with van der Waals surface area (Å²) in [6.07, 6.45) is 27.9. The Balaban J connectivity index is 0.000000366. The number of benzene rings is 6. The molecule has 9 rings (SSSR count). The maximum atomic E-state index is 12.7. The molecule has 0 spiro atoms. The first kappa shape index (κ1) is 91.2. The minimum absolute atomic E-state index is 0. The smallest absolute Gasteiger partial charge is 0.338 e. The van der Waals surface area contributed by atoms with E-state index in [1.165, 1.54) is 49.7 Å². The van der Waals surface area contributed by atoms with Gasteiger partial charge in [-0.1, -0.05) is 143 Å². The van der Waals surface area contributed by atoms with Gasteiger partial charge in [0.05, 0.1) is 83.5 Å². The minimum atomic E-state index is -0.401. The maximum Gasteiger partial charge on any atom is 0.338 e. The van der Waals surface area contributed by atoms with Crippen LogP contribution in [0.15, 0.2) is 146 Å². The molecule has 0 saturated heterocycles. The van der Waals surface area contributed by atoms with Crippen molar-refractivity contribution in [2.24, 2.45) is 23.7 Å². The monoisotopic (exact) mass is 1570 g/mol. The molecule has 20 heteroatoms. The number of carbonyl (C=O) groups is 10. The zero-order chi connectivity index (χ0) is 81.7. The number of esters is 10. The summed E-state index contributed by atoms with van der Waals surface area (Å²) in [5.74, 6) is -3.29. The lowest BCUT2D eigenvalue weighted by Crippen LogP contribution is -2.30. The zero-order valence-electron chi connectivity index (χ0n) is 67.9. The molecule has 3 aliphatic rings. The molecule has 0 radical (unpaired) electrons. The summed E-state index contributed by atoms with van der Waals surface area (Å²) in [5.41, 5.74) is 5.37. The fourth-order valence-corrected chi connectivity index (χ4v) is 13.4. The van der Waals surface area contributed by atoms with Gasteiger partial charge in [0.2, 0.25) is 0 Å². The van der Waals surface area contributed by atoms with Crippen LogP contribution in [0.1, 0.15) is 312 Å². The van der Waals surface area contributed by atoms with E-state index in [1.54, 1.807) is 97.1 Å². The van der Waals surface area contributed by atoms with Gasteiger partial charge in [-0.25, -0.2) is 28.8 Å². The average molecular weight is 1580 g/mol. The predicted molar refractivity (Wildman–Crippen MR) is 441 cm³/mol. The highest BCUT2D eigenvalue weighted by Gasteiger charge is 2.35. The molecule has 0 atom stereocenters. The SMILES string of the molecule is CCCCCCOC(=O)c1ccc(OC(=O)C2CCC(C(=O)Oc3ccc(C(=O)OCCCCCC)cc3)CC2)cc1.CCCCCc1ccc(C(=O)OC2CCC(OC(=O)c3ccc(CCCCC)cc3)CC2)cc1.CCCCOC(=O)c1ccc(OC(=O)C2CCC(C(=O)Oc3ccc(C(=O)OCCCC)cc3)CC2)cc1.[HH].[HH].[HH]. The first-order valence-electron chi connectivity index (χ1n) is 42.0. The molecule has 0 bridgehead atoms. The van der Waals surface area contributed by atoms with E-state index >= 15 is 0 Å². The molecule has 3 saturated carbocycles. The van der Waals surface area contributed by atoms with E-state index in [4.69, 9.17) is 47.4 Å². The lowest BCUT2D eigenvalue weighted by atomic mass is 9.82. The van der Waals surface area contributed by atoms with Crippen LogP contribution in [0, 0.1) is 23.7 Å².